The molecule has 0 aliphatic carbocycles. The van der Waals surface area contributed by atoms with Gasteiger partial charge in [-0.3, -0.25) is 4.98 Å². The van der Waals surface area contributed by atoms with Gasteiger partial charge < -0.3 is 19.5 Å². The number of hydrogen-bond donors (Lipinski definition) is 1. The summed E-state index contributed by atoms with van der Waals surface area (Å²) in [5.41, 5.74) is 5.73. The maximum atomic E-state index is 5.97. The lowest BCUT2D eigenvalue weighted by Crippen LogP contribution is -2.36. The Balaban J connectivity index is 1.60. The predicted octanol–water partition coefficient (Wildman–Crippen LogP) is 4.34. The van der Waals surface area contributed by atoms with Gasteiger partial charge in [-0.2, -0.15) is 0 Å². The van der Waals surface area contributed by atoms with Crippen LogP contribution in [0.15, 0.2) is 48.8 Å². The van der Waals surface area contributed by atoms with Crippen LogP contribution in [0.4, 0.5) is 0 Å². The second-order valence-corrected chi connectivity index (χ2v) is 9.11. The van der Waals surface area contributed by atoms with Crippen molar-refractivity contribution in [3.8, 4) is 5.82 Å². The molecule has 0 bridgehead atoms. The lowest BCUT2D eigenvalue weighted by Gasteiger charge is -2.30. The number of thiocarbonyl (C=S) groups is 1. The van der Waals surface area contributed by atoms with Crippen LogP contribution < -0.4 is 5.32 Å². The zero-order valence-electron chi connectivity index (χ0n) is 18.8. The summed E-state index contributed by atoms with van der Waals surface area (Å²) < 4.78 is 8.23. The molecule has 3 atom stereocenters. The van der Waals surface area contributed by atoms with Crippen molar-refractivity contribution in [2.75, 3.05) is 13.2 Å². The van der Waals surface area contributed by atoms with Crippen LogP contribution in [0.2, 0.25) is 0 Å². The van der Waals surface area contributed by atoms with E-state index in [1.807, 2.05) is 30.6 Å². The molecule has 3 aromatic heterocycles. The Labute approximate surface area is 194 Å². The van der Waals surface area contributed by atoms with Gasteiger partial charge in [0.05, 0.1) is 23.9 Å². The fraction of sp³-hybridized carbons (Fsp3) is 0.400. The van der Waals surface area contributed by atoms with Gasteiger partial charge in [0.25, 0.3) is 0 Å². The van der Waals surface area contributed by atoms with Crippen molar-refractivity contribution < 1.29 is 4.74 Å². The highest BCUT2D eigenvalue weighted by molar-refractivity contribution is 7.80. The number of aromatic nitrogens is 3. The standard InChI is InChI=1S/C25H29N5OS/c1-16-8-6-12-27-24(16)30-17(2)14-20(18(30)3)23-22(21-10-4-5-11-26-21)28-25(32)29(23)15-19-9-7-13-31-19/h4-6,8,10-12,14,19,22-23H,7,9,13,15H2,1-3H3,(H,28,32)/t19-,22+,23+/m0/s1. The third kappa shape index (κ3) is 3.69. The molecule has 0 amide bonds. The number of nitrogens with zero attached hydrogens (tertiary/aromatic N) is 4. The Bertz CT molecular complexity index is 1120. The molecule has 2 aliphatic heterocycles. The Morgan fingerprint density at radius 1 is 1.12 bits per heavy atom. The normalized spacial score (nSPS) is 23.0. The summed E-state index contributed by atoms with van der Waals surface area (Å²) in [6.07, 6.45) is 6.10. The van der Waals surface area contributed by atoms with Gasteiger partial charge in [0, 0.05) is 36.9 Å². The fourth-order valence-electron chi connectivity index (χ4n) is 5.07. The van der Waals surface area contributed by atoms with E-state index in [1.165, 1.54) is 11.3 Å². The maximum Gasteiger partial charge on any atom is 0.170 e. The van der Waals surface area contributed by atoms with Crippen LogP contribution in [-0.4, -0.2) is 43.8 Å². The zero-order valence-corrected chi connectivity index (χ0v) is 19.6. The molecular formula is C25H29N5OS. The molecule has 5 heterocycles. The molecule has 2 aliphatic rings. The van der Waals surface area contributed by atoms with E-state index in [9.17, 15) is 0 Å². The Kier molecular flexibility index (Phi) is 5.69. The van der Waals surface area contributed by atoms with Gasteiger partial charge in [0.2, 0.25) is 0 Å². The van der Waals surface area contributed by atoms with Crippen LogP contribution in [0.1, 0.15) is 53.1 Å². The van der Waals surface area contributed by atoms with Crippen molar-refractivity contribution in [2.24, 2.45) is 0 Å². The van der Waals surface area contributed by atoms with Crippen LogP contribution in [0.25, 0.3) is 5.82 Å². The first-order chi connectivity index (χ1) is 15.5. The van der Waals surface area contributed by atoms with E-state index in [4.69, 9.17) is 17.0 Å². The second kappa shape index (κ2) is 8.64. The molecule has 32 heavy (non-hydrogen) atoms. The van der Waals surface area contributed by atoms with Gasteiger partial charge in [0.1, 0.15) is 5.82 Å². The molecule has 5 rings (SSSR count). The maximum absolute atomic E-state index is 5.97. The summed E-state index contributed by atoms with van der Waals surface area (Å²) in [6, 6.07) is 12.4. The average Bonchev–Trinajstić information content (AvgIpc) is 3.49. The molecule has 0 aromatic carbocycles. The molecule has 2 saturated heterocycles. The van der Waals surface area contributed by atoms with Gasteiger partial charge in [0.15, 0.2) is 5.11 Å². The molecule has 1 N–H and O–H groups in total. The zero-order chi connectivity index (χ0) is 22.2. The fourth-order valence-corrected chi connectivity index (χ4v) is 5.39. The van der Waals surface area contributed by atoms with Gasteiger partial charge in [-0.1, -0.05) is 12.1 Å². The number of nitrogens with one attached hydrogen (secondary N) is 1. The van der Waals surface area contributed by atoms with E-state index in [0.29, 0.717) is 0 Å². The molecule has 0 radical (unpaired) electrons. The van der Waals surface area contributed by atoms with Crippen LogP contribution in [-0.2, 0) is 4.74 Å². The third-order valence-electron chi connectivity index (χ3n) is 6.60. The molecule has 7 heteroatoms. The lowest BCUT2D eigenvalue weighted by atomic mass is 9.96. The highest BCUT2D eigenvalue weighted by Gasteiger charge is 2.42. The number of hydrogen-bond acceptors (Lipinski definition) is 4. The Morgan fingerprint density at radius 2 is 1.97 bits per heavy atom. The molecule has 166 valence electrons. The van der Waals surface area contributed by atoms with E-state index in [0.717, 1.165) is 53.9 Å². The number of pyridine rings is 2. The van der Waals surface area contributed by atoms with Crippen molar-refractivity contribution in [3.05, 3.63) is 77.0 Å². The monoisotopic (exact) mass is 447 g/mol. The summed E-state index contributed by atoms with van der Waals surface area (Å²) in [6.45, 7) is 8.04. The first-order valence-electron chi connectivity index (χ1n) is 11.2. The van der Waals surface area contributed by atoms with E-state index in [1.54, 1.807) is 0 Å². The largest absolute Gasteiger partial charge is 0.376 e. The van der Waals surface area contributed by atoms with Crippen LogP contribution in [0, 0.1) is 20.8 Å². The van der Waals surface area contributed by atoms with Crippen molar-refractivity contribution in [1.29, 1.82) is 0 Å². The van der Waals surface area contributed by atoms with E-state index >= 15 is 0 Å². The minimum atomic E-state index is -0.0242. The first-order valence-corrected chi connectivity index (χ1v) is 11.7. The van der Waals surface area contributed by atoms with E-state index in [2.05, 4.69) is 63.7 Å². The quantitative estimate of drug-likeness (QED) is 0.587. The van der Waals surface area contributed by atoms with Gasteiger partial charge >= 0.3 is 0 Å². The topological polar surface area (TPSA) is 55.2 Å². The molecule has 2 fully saturated rings. The Hall–Kier alpha value is -2.77. The summed E-state index contributed by atoms with van der Waals surface area (Å²) in [4.78, 5) is 11.7. The Morgan fingerprint density at radius 3 is 2.69 bits per heavy atom. The minimum absolute atomic E-state index is 0.0242. The molecule has 3 aromatic rings. The van der Waals surface area contributed by atoms with Crippen molar-refractivity contribution in [1.82, 2.24) is 24.8 Å². The highest BCUT2D eigenvalue weighted by atomic mass is 32.1. The average molecular weight is 448 g/mol. The summed E-state index contributed by atoms with van der Waals surface area (Å²) >= 11 is 5.84. The van der Waals surface area contributed by atoms with Crippen molar-refractivity contribution in [2.45, 2.75) is 51.8 Å². The summed E-state index contributed by atoms with van der Waals surface area (Å²) in [5.74, 6) is 0.974. The number of aryl methyl sites for hydroxylation is 2. The first kappa shape index (κ1) is 21.1. The van der Waals surface area contributed by atoms with Gasteiger partial charge in [-0.15, -0.1) is 0 Å². The van der Waals surface area contributed by atoms with Crippen molar-refractivity contribution in [3.63, 3.8) is 0 Å². The highest BCUT2D eigenvalue weighted by Crippen LogP contribution is 2.42. The van der Waals surface area contributed by atoms with E-state index < -0.39 is 0 Å². The van der Waals surface area contributed by atoms with E-state index in [-0.39, 0.29) is 18.2 Å². The molecule has 0 spiro atoms. The molecule has 6 nitrogen and oxygen atoms in total. The molecule has 0 unspecified atom stereocenters. The van der Waals surface area contributed by atoms with Crippen molar-refractivity contribution >= 4 is 17.3 Å². The molecule has 0 saturated carbocycles. The lowest BCUT2D eigenvalue weighted by molar-refractivity contribution is 0.0842. The van der Waals surface area contributed by atoms with Crippen LogP contribution in [0.5, 0.6) is 0 Å². The predicted molar refractivity (Wildman–Crippen MR) is 129 cm³/mol. The van der Waals surface area contributed by atoms with Gasteiger partial charge in [-0.25, -0.2) is 4.98 Å². The summed E-state index contributed by atoms with van der Waals surface area (Å²) in [5, 5.41) is 4.33. The number of rotatable bonds is 5. The smallest absolute Gasteiger partial charge is 0.170 e. The third-order valence-corrected chi connectivity index (χ3v) is 6.96. The minimum Gasteiger partial charge on any atom is -0.376 e. The van der Waals surface area contributed by atoms with Gasteiger partial charge in [-0.05, 0) is 81.2 Å². The molecular weight excluding hydrogens is 418 g/mol. The van der Waals surface area contributed by atoms with Crippen LogP contribution >= 0.6 is 12.2 Å². The SMILES string of the molecule is Cc1cccnc1-n1c(C)cc([C@@H]2[C@@H](c3ccccn3)NC(=S)N2C[C@@H]2CCCO2)c1C. The summed E-state index contributed by atoms with van der Waals surface area (Å²) in [7, 11) is 0. The second-order valence-electron chi connectivity index (χ2n) is 8.72. The van der Waals surface area contributed by atoms with Crippen LogP contribution in [0.3, 0.4) is 0 Å². The number of ether oxygens (including phenoxy) is 1.